The molecule has 0 amide bonds. The number of nitrogens with two attached hydrogens (primary N) is 1. The van der Waals surface area contributed by atoms with Crippen LogP contribution < -0.4 is 10.5 Å². The molecular formula is C12H11Cl2NO2. The lowest BCUT2D eigenvalue weighted by molar-refractivity contribution is 0.184. The smallest absolute Gasteiger partial charge is 0.168 e. The molecule has 0 saturated heterocycles. The van der Waals surface area contributed by atoms with Gasteiger partial charge in [-0.1, -0.05) is 23.2 Å². The van der Waals surface area contributed by atoms with E-state index in [0.29, 0.717) is 28.1 Å². The topological polar surface area (TPSA) is 48.4 Å². The Morgan fingerprint density at radius 1 is 1.24 bits per heavy atom. The van der Waals surface area contributed by atoms with Gasteiger partial charge in [-0.15, -0.1) is 0 Å². The second kappa shape index (κ2) is 5.45. The van der Waals surface area contributed by atoms with Crippen molar-refractivity contribution < 1.29 is 9.15 Å². The summed E-state index contributed by atoms with van der Waals surface area (Å²) in [5.41, 5.74) is 5.64. The van der Waals surface area contributed by atoms with Crippen molar-refractivity contribution in [2.24, 2.45) is 5.73 Å². The molecule has 0 aliphatic heterocycles. The molecule has 17 heavy (non-hydrogen) atoms. The molecule has 0 fully saturated rings. The minimum Gasteiger partial charge on any atom is -0.481 e. The van der Waals surface area contributed by atoms with Crippen molar-refractivity contribution in [1.82, 2.24) is 0 Å². The van der Waals surface area contributed by atoms with Gasteiger partial charge in [0.25, 0.3) is 0 Å². The third kappa shape index (κ3) is 2.94. The Morgan fingerprint density at radius 3 is 2.65 bits per heavy atom. The number of rotatable bonds is 4. The van der Waals surface area contributed by atoms with Crippen LogP contribution in [0.4, 0.5) is 0 Å². The van der Waals surface area contributed by atoms with Crippen LogP contribution in [0, 0.1) is 0 Å². The first kappa shape index (κ1) is 12.3. The number of furan rings is 1. The largest absolute Gasteiger partial charge is 0.481 e. The zero-order valence-electron chi connectivity index (χ0n) is 8.90. The lowest BCUT2D eigenvalue weighted by Gasteiger charge is -2.15. The highest BCUT2D eigenvalue weighted by atomic mass is 35.5. The van der Waals surface area contributed by atoms with Gasteiger partial charge in [0.2, 0.25) is 0 Å². The number of benzene rings is 1. The van der Waals surface area contributed by atoms with E-state index in [0.717, 1.165) is 0 Å². The molecule has 0 radical (unpaired) electrons. The number of halogens is 2. The molecule has 2 N–H and O–H groups in total. The first-order valence-corrected chi connectivity index (χ1v) is 5.81. The highest BCUT2D eigenvalue weighted by Gasteiger charge is 2.14. The average molecular weight is 272 g/mol. The monoisotopic (exact) mass is 271 g/mol. The fourth-order valence-electron chi connectivity index (χ4n) is 1.41. The van der Waals surface area contributed by atoms with Gasteiger partial charge in [-0.05, 0) is 24.3 Å². The number of hydrogen-bond acceptors (Lipinski definition) is 3. The van der Waals surface area contributed by atoms with Crippen molar-refractivity contribution >= 4 is 23.2 Å². The quantitative estimate of drug-likeness (QED) is 0.923. The van der Waals surface area contributed by atoms with Gasteiger partial charge in [-0.2, -0.15) is 0 Å². The highest BCUT2D eigenvalue weighted by molar-refractivity contribution is 6.42. The van der Waals surface area contributed by atoms with Gasteiger partial charge in [-0.25, -0.2) is 0 Å². The molecule has 0 bridgehead atoms. The molecule has 90 valence electrons. The number of hydrogen-bond donors (Lipinski definition) is 1. The third-order valence-electron chi connectivity index (χ3n) is 2.24. The van der Waals surface area contributed by atoms with Gasteiger partial charge >= 0.3 is 0 Å². The van der Waals surface area contributed by atoms with E-state index in [1.807, 2.05) is 6.07 Å². The summed E-state index contributed by atoms with van der Waals surface area (Å²) in [7, 11) is 0. The SMILES string of the molecule is NCC(Oc1ccc(Cl)c(Cl)c1)c1ccco1. The standard InChI is InChI=1S/C12H11Cl2NO2/c13-9-4-3-8(6-10(9)14)17-12(7-15)11-2-1-5-16-11/h1-6,12H,7,15H2. The van der Waals surface area contributed by atoms with E-state index in [-0.39, 0.29) is 6.10 Å². The normalized spacial score (nSPS) is 12.4. The van der Waals surface area contributed by atoms with Crippen LogP contribution >= 0.6 is 23.2 Å². The van der Waals surface area contributed by atoms with E-state index in [9.17, 15) is 0 Å². The average Bonchev–Trinajstić information content (AvgIpc) is 2.84. The van der Waals surface area contributed by atoms with E-state index in [2.05, 4.69) is 0 Å². The molecule has 0 aliphatic carbocycles. The first-order chi connectivity index (χ1) is 8.20. The summed E-state index contributed by atoms with van der Waals surface area (Å²) in [6, 6.07) is 8.66. The molecule has 0 spiro atoms. The van der Waals surface area contributed by atoms with Gasteiger partial charge < -0.3 is 14.9 Å². The summed E-state index contributed by atoms with van der Waals surface area (Å²) in [6.07, 6.45) is 1.25. The molecule has 0 aliphatic rings. The van der Waals surface area contributed by atoms with E-state index in [1.54, 1.807) is 30.5 Å². The molecule has 1 aromatic carbocycles. The molecule has 1 atom stereocenters. The van der Waals surface area contributed by atoms with Crippen LogP contribution in [-0.2, 0) is 0 Å². The van der Waals surface area contributed by atoms with Crippen LogP contribution in [-0.4, -0.2) is 6.54 Å². The fraction of sp³-hybridized carbons (Fsp3) is 0.167. The van der Waals surface area contributed by atoms with Gasteiger partial charge in [0.05, 0.1) is 16.3 Å². The van der Waals surface area contributed by atoms with Crippen molar-refractivity contribution in [1.29, 1.82) is 0 Å². The van der Waals surface area contributed by atoms with E-state index < -0.39 is 0 Å². The minimum absolute atomic E-state index is 0.313. The molecule has 3 nitrogen and oxygen atoms in total. The zero-order valence-corrected chi connectivity index (χ0v) is 10.4. The molecule has 2 aromatic rings. The van der Waals surface area contributed by atoms with Crippen LogP contribution in [0.5, 0.6) is 5.75 Å². The van der Waals surface area contributed by atoms with Crippen molar-refractivity contribution in [3.8, 4) is 5.75 Å². The van der Waals surface area contributed by atoms with Crippen LogP contribution in [0.25, 0.3) is 0 Å². The molecular weight excluding hydrogens is 261 g/mol. The fourth-order valence-corrected chi connectivity index (χ4v) is 1.70. The Bertz CT molecular complexity index is 485. The molecule has 5 heteroatoms. The zero-order chi connectivity index (χ0) is 12.3. The van der Waals surface area contributed by atoms with Gasteiger partial charge in [0.15, 0.2) is 6.10 Å². The summed E-state index contributed by atoms with van der Waals surface area (Å²) in [5, 5.41) is 0.931. The van der Waals surface area contributed by atoms with Crippen LogP contribution in [0.1, 0.15) is 11.9 Å². The second-order valence-corrected chi connectivity index (χ2v) is 4.25. The van der Waals surface area contributed by atoms with Crippen LogP contribution in [0.15, 0.2) is 41.0 Å². The molecule has 0 saturated carbocycles. The molecule has 2 rings (SSSR count). The van der Waals surface area contributed by atoms with Crippen molar-refractivity contribution in [3.63, 3.8) is 0 Å². The van der Waals surface area contributed by atoms with E-state index >= 15 is 0 Å². The van der Waals surface area contributed by atoms with Gasteiger partial charge in [0.1, 0.15) is 11.5 Å². The number of ether oxygens (including phenoxy) is 1. The Labute approximate surface area is 109 Å². The molecule has 1 heterocycles. The third-order valence-corrected chi connectivity index (χ3v) is 2.98. The highest BCUT2D eigenvalue weighted by Crippen LogP contribution is 2.29. The summed E-state index contributed by atoms with van der Waals surface area (Å²) in [4.78, 5) is 0. The summed E-state index contributed by atoms with van der Waals surface area (Å²) < 4.78 is 10.9. The van der Waals surface area contributed by atoms with Crippen LogP contribution in [0.2, 0.25) is 10.0 Å². The summed E-state index contributed by atoms with van der Waals surface area (Å²) in [6.45, 7) is 0.313. The lowest BCUT2D eigenvalue weighted by Crippen LogP contribution is -2.17. The minimum atomic E-state index is -0.331. The Morgan fingerprint density at radius 2 is 2.06 bits per heavy atom. The summed E-state index contributed by atoms with van der Waals surface area (Å²) >= 11 is 11.7. The Balaban J connectivity index is 2.16. The molecule has 1 unspecified atom stereocenters. The molecule has 1 aromatic heterocycles. The van der Waals surface area contributed by atoms with Gasteiger partial charge in [0, 0.05) is 12.6 Å². The predicted octanol–water partition coefficient (Wildman–Crippen LogP) is 3.67. The van der Waals surface area contributed by atoms with Crippen molar-refractivity contribution in [3.05, 3.63) is 52.4 Å². The van der Waals surface area contributed by atoms with Gasteiger partial charge in [-0.3, -0.25) is 0 Å². The summed E-state index contributed by atoms with van der Waals surface area (Å²) in [5.74, 6) is 1.28. The lowest BCUT2D eigenvalue weighted by atomic mass is 10.2. The maximum atomic E-state index is 5.90. The van der Waals surface area contributed by atoms with Crippen LogP contribution in [0.3, 0.4) is 0 Å². The first-order valence-electron chi connectivity index (χ1n) is 5.06. The Kier molecular flexibility index (Phi) is 3.94. The van der Waals surface area contributed by atoms with E-state index in [1.165, 1.54) is 0 Å². The second-order valence-electron chi connectivity index (χ2n) is 3.43. The maximum absolute atomic E-state index is 5.90. The Hall–Kier alpha value is -1.16. The van der Waals surface area contributed by atoms with E-state index in [4.69, 9.17) is 38.1 Å². The predicted molar refractivity (Wildman–Crippen MR) is 67.6 cm³/mol. The van der Waals surface area contributed by atoms with Crippen molar-refractivity contribution in [2.75, 3.05) is 6.54 Å². The maximum Gasteiger partial charge on any atom is 0.168 e. The van der Waals surface area contributed by atoms with Crippen molar-refractivity contribution in [2.45, 2.75) is 6.10 Å².